The number of ketones is 1. The number of thiazole rings is 1. The Morgan fingerprint density at radius 1 is 1.29 bits per heavy atom. The highest BCUT2D eigenvalue weighted by atomic mass is 32.1. The lowest BCUT2D eigenvalue weighted by Gasteiger charge is -2.30. The van der Waals surface area contributed by atoms with E-state index in [0.29, 0.717) is 31.4 Å². The molecule has 1 fully saturated rings. The van der Waals surface area contributed by atoms with E-state index < -0.39 is 28.8 Å². The molecule has 0 spiro atoms. The third-order valence-corrected chi connectivity index (χ3v) is 8.44. The number of Topliss-reactive ketones (excluding diaryl/α,β-unsaturated/α-hetero) is 1. The number of anilines is 1. The zero-order chi connectivity index (χ0) is 27.9. The van der Waals surface area contributed by atoms with Crippen molar-refractivity contribution in [3.8, 4) is 5.75 Å². The SMILES string of the molecule is COC(=O)N=CCCCC(C)c1cc(O)c(C(=O)C(C)C(C)(C)Cc2cnc(N3CCCCC3)s2)c(=O)o1. The summed E-state index contributed by atoms with van der Waals surface area (Å²) in [6, 6.07) is 1.37. The molecule has 0 radical (unpaired) electrons. The predicted molar refractivity (Wildman–Crippen MR) is 149 cm³/mol. The Balaban J connectivity index is 1.65. The molecule has 1 N–H and O–H groups in total. The van der Waals surface area contributed by atoms with E-state index in [0.717, 1.165) is 23.1 Å². The van der Waals surface area contributed by atoms with Gasteiger partial charge in [-0.05, 0) is 50.4 Å². The molecule has 208 valence electrons. The summed E-state index contributed by atoms with van der Waals surface area (Å²) >= 11 is 1.66. The molecule has 0 aliphatic carbocycles. The van der Waals surface area contributed by atoms with E-state index in [4.69, 9.17) is 4.42 Å². The van der Waals surface area contributed by atoms with Gasteiger partial charge in [-0.1, -0.05) is 27.7 Å². The number of methoxy groups -OCH3 is 1. The van der Waals surface area contributed by atoms with Gasteiger partial charge in [0.2, 0.25) is 0 Å². The number of unbranched alkanes of at least 4 members (excludes halogenated alkanes) is 1. The third kappa shape index (κ3) is 7.52. The van der Waals surface area contributed by atoms with Gasteiger partial charge in [-0.25, -0.2) is 14.6 Å². The fraction of sp³-hybridized carbons (Fsp3) is 0.607. The second-order valence-electron chi connectivity index (χ2n) is 10.7. The molecule has 2 aromatic rings. The van der Waals surface area contributed by atoms with Crippen molar-refractivity contribution in [1.82, 2.24) is 4.98 Å². The van der Waals surface area contributed by atoms with Gasteiger partial charge in [-0.3, -0.25) is 4.79 Å². The topological polar surface area (TPSA) is 122 Å². The minimum absolute atomic E-state index is 0.168. The van der Waals surface area contributed by atoms with Gasteiger partial charge in [-0.15, -0.1) is 11.3 Å². The molecule has 9 nitrogen and oxygen atoms in total. The summed E-state index contributed by atoms with van der Waals surface area (Å²) in [7, 11) is 1.26. The fourth-order valence-corrected chi connectivity index (χ4v) is 5.80. The van der Waals surface area contributed by atoms with Crippen LogP contribution in [-0.4, -0.2) is 48.4 Å². The van der Waals surface area contributed by atoms with Crippen LogP contribution in [0.2, 0.25) is 0 Å². The van der Waals surface area contributed by atoms with Crippen LogP contribution in [0, 0.1) is 11.3 Å². The van der Waals surface area contributed by atoms with Crippen LogP contribution in [0.25, 0.3) is 0 Å². The first-order valence-electron chi connectivity index (χ1n) is 13.2. The van der Waals surface area contributed by atoms with Gasteiger partial charge in [-0.2, -0.15) is 4.99 Å². The van der Waals surface area contributed by atoms with Crippen molar-refractivity contribution < 1.29 is 23.8 Å². The molecular weight excluding hydrogens is 506 g/mol. The highest BCUT2D eigenvalue weighted by molar-refractivity contribution is 7.15. The Hall–Kier alpha value is -3.01. The van der Waals surface area contributed by atoms with Crippen LogP contribution >= 0.6 is 11.3 Å². The number of hydrogen-bond donors (Lipinski definition) is 1. The minimum atomic E-state index is -0.822. The summed E-state index contributed by atoms with van der Waals surface area (Å²) in [5, 5.41) is 11.7. The highest BCUT2D eigenvalue weighted by Gasteiger charge is 2.36. The lowest BCUT2D eigenvalue weighted by atomic mass is 9.73. The first-order valence-corrected chi connectivity index (χ1v) is 14.1. The molecule has 38 heavy (non-hydrogen) atoms. The van der Waals surface area contributed by atoms with Crippen LogP contribution in [0.1, 0.15) is 93.1 Å². The molecule has 10 heteroatoms. The molecule has 2 unspecified atom stereocenters. The quantitative estimate of drug-likeness (QED) is 0.207. The second kappa shape index (κ2) is 13.2. The first kappa shape index (κ1) is 29.5. The van der Waals surface area contributed by atoms with E-state index in [9.17, 15) is 19.5 Å². The average Bonchev–Trinajstić information content (AvgIpc) is 3.35. The largest absolute Gasteiger partial charge is 0.507 e. The zero-order valence-electron chi connectivity index (χ0n) is 23.0. The van der Waals surface area contributed by atoms with E-state index in [-0.39, 0.29) is 17.2 Å². The summed E-state index contributed by atoms with van der Waals surface area (Å²) in [5.41, 5.74) is -1.60. The van der Waals surface area contributed by atoms with E-state index in [1.165, 1.54) is 38.7 Å². The van der Waals surface area contributed by atoms with Gasteiger partial charge in [0.1, 0.15) is 17.1 Å². The summed E-state index contributed by atoms with van der Waals surface area (Å²) in [5.74, 6) is -1.17. The predicted octanol–water partition coefficient (Wildman–Crippen LogP) is 5.99. The molecule has 1 aliphatic heterocycles. The molecule has 3 heterocycles. The Kier molecular flexibility index (Phi) is 10.2. The van der Waals surface area contributed by atoms with Crippen LogP contribution in [0.3, 0.4) is 0 Å². The lowest BCUT2D eigenvalue weighted by molar-refractivity contribution is 0.0812. The number of aromatic nitrogens is 1. The minimum Gasteiger partial charge on any atom is -0.507 e. The van der Waals surface area contributed by atoms with E-state index in [2.05, 4.69) is 19.6 Å². The number of amides is 1. The Morgan fingerprint density at radius 2 is 2.00 bits per heavy atom. The Bertz CT molecular complexity index is 1200. The van der Waals surface area contributed by atoms with Crippen LogP contribution in [-0.2, 0) is 11.2 Å². The van der Waals surface area contributed by atoms with Crippen molar-refractivity contribution in [3.05, 3.63) is 38.9 Å². The highest BCUT2D eigenvalue weighted by Crippen LogP contribution is 2.37. The molecule has 0 bridgehead atoms. The molecule has 0 aromatic carbocycles. The first-order chi connectivity index (χ1) is 18.0. The van der Waals surface area contributed by atoms with Crippen LogP contribution in [0.4, 0.5) is 9.93 Å². The Labute approximate surface area is 227 Å². The number of piperidine rings is 1. The summed E-state index contributed by atoms with van der Waals surface area (Å²) < 4.78 is 9.93. The standard InChI is InChI=1S/C28H39N3O6S/c1-18(11-7-8-12-29-27(35)36-5)22-15-21(32)23(25(34)37-22)24(33)19(2)28(3,4)16-20-17-30-26(38-20)31-13-9-6-10-14-31/h12,15,17-19,32H,6-11,13-14,16H2,1-5H3. The van der Waals surface area contributed by atoms with Gasteiger partial charge in [0.05, 0.1) is 7.11 Å². The summed E-state index contributed by atoms with van der Waals surface area (Å²) in [6.07, 6.45) is 8.86. The fourth-order valence-electron chi connectivity index (χ4n) is 4.60. The molecule has 3 rings (SSSR count). The van der Waals surface area contributed by atoms with Crippen molar-refractivity contribution in [3.63, 3.8) is 0 Å². The maximum atomic E-state index is 13.4. The Morgan fingerprint density at radius 3 is 2.66 bits per heavy atom. The molecule has 1 saturated heterocycles. The smallest absolute Gasteiger partial charge is 0.432 e. The second-order valence-corrected chi connectivity index (χ2v) is 11.8. The number of aliphatic imine (C=N–C) groups is 1. The summed E-state index contributed by atoms with van der Waals surface area (Å²) in [6.45, 7) is 9.70. The van der Waals surface area contributed by atoms with Gasteiger partial charge >= 0.3 is 11.7 Å². The van der Waals surface area contributed by atoms with Crippen LogP contribution in [0.5, 0.6) is 5.75 Å². The van der Waals surface area contributed by atoms with Gasteiger partial charge in [0.15, 0.2) is 10.9 Å². The number of aromatic hydroxyl groups is 1. The molecule has 1 amide bonds. The van der Waals surface area contributed by atoms with E-state index in [1.54, 1.807) is 18.3 Å². The van der Waals surface area contributed by atoms with Crippen molar-refractivity contribution in [2.75, 3.05) is 25.1 Å². The van der Waals surface area contributed by atoms with Gasteiger partial charge in [0, 0.05) is 48.3 Å². The lowest BCUT2D eigenvalue weighted by Crippen LogP contribution is -2.33. The number of rotatable bonds is 11. The zero-order valence-corrected chi connectivity index (χ0v) is 23.8. The van der Waals surface area contributed by atoms with Gasteiger partial charge in [0.25, 0.3) is 0 Å². The van der Waals surface area contributed by atoms with Crippen LogP contribution in [0.15, 0.2) is 26.5 Å². The molecular formula is C28H39N3O6S. The maximum Gasteiger partial charge on any atom is 0.432 e. The number of hydrogen-bond acceptors (Lipinski definition) is 9. The summed E-state index contributed by atoms with van der Waals surface area (Å²) in [4.78, 5) is 48.9. The number of carbonyl (C=O) groups excluding carboxylic acids is 2. The van der Waals surface area contributed by atoms with Crippen molar-refractivity contribution in [1.29, 1.82) is 0 Å². The molecule has 2 atom stereocenters. The van der Waals surface area contributed by atoms with E-state index in [1.807, 2.05) is 27.0 Å². The number of carbonyl (C=O) groups is 2. The van der Waals surface area contributed by atoms with Gasteiger partial charge < -0.3 is 19.2 Å². The number of nitrogens with zero attached hydrogens (tertiary/aromatic N) is 3. The monoisotopic (exact) mass is 545 g/mol. The number of ether oxygens (including phenoxy) is 1. The molecule has 0 saturated carbocycles. The van der Waals surface area contributed by atoms with Crippen molar-refractivity contribution >= 4 is 34.6 Å². The maximum absolute atomic E-state index is 13.4. The third-order valence-electron chi connectivity index (χ3n) is 7.39. The molecule has 2 aromatic heterocycles. The average molecular weight is 546 g/mol. The van der Waals surface area contributed by atoms with E-state index >= 15 is 0 Å². The molecule has 1 aliphatic rings. The van der Waals surface area contributed by atoms with Crippen molar-refractivity contribution in [2.24, 2.45) is 16.3 Å². The van der Waals surface area contributed by atoms with Crippen LogP contribution < -0.4 is 10.5 Å². The normalized spacial score (nSPS) is 16.0. The van der Waals surface area contributed by atoms with Crippen molar-refractivity contribution in [2.45, 2.75) is 78.6 Å².